The Kier molecular flexibility index (Phi) is 5.05. The number of hydrogen-bond donors (Lipinski definition) is 1. The van der Waals surface area contributed by atoms with E-state index in [1.165, 1.54) is 0 Å². The number of carbonyl (C=O) groups is 2. The molecule has 1 aliphatic heterocycles. The number of rotatable bonds is 3. The van der Waals surface area contributed by atoms with Crippen molar-refractivity contribution >= 4 is 11.9 Å². The summed E-state index contributed by atoms with van der Waals surface area (Å²) in [6.45, 7) is 2.67. The molecule has 1 saturated heterocycles. The minimum atomic E-state index is -0.0881. The smallest absolute Gasteiger partial charge is 0.317 e. The fraction of sp³-hybridized carbons (Fsp3) is 0.278. The van der Waals surface area contributed by atoms with E-state index in [4.69, 9.17) is 0 Å². The first-order valence-corrected chi connectivity index (χ1v) is 8.00. The van der Waals surface area contributed by atoms with Crippen molar-refractivity contribution in [3.8, 4) is 0 Å². The Morgan fingerprint density at radius 1 is 0.917 bits per heavy atom. The quantitative estimate of drug-likeness (QED) is 0.935. The molecule has 6 heteroatoms. The molecule has 3 amide bonds. The van der Waals surface area contributed by atoms with Gasteiger partial charge >= 0.3 is 6.03 Å². The van der Waals surface area contributed by atoms with Crippen LogP contribution in [0.2, 0.25) is 0 Å². The van der Waals surface area contributed by atoms with Crippen molar-refractivity contribution in [1.82, 2.24) is 20.1 Å². The lowest BCUT2D eigenvalue weighted by Gasteiger charge is -2.34. The molecule has 0 saturated carbocycles. The van der Waals surface area contributed by atoms with E-state index in [-0.39, 0.29) is 11.9 Å². The van der Waals surface area contributed by atoms with Crippen LogP contribution in [0.4, 0.5) is 4.79 Å². The summed E-state index contributed by atoms with van der Waals surface area (Å²) in [6.07, 6.45) is 3.22. The van der Waals surface area contributed by atoms with E-state index in [1.807, 2.05) is 30.3 Å². The summed E-state index contributed by atoms with van der Waals surface area (Å²) < 4.78 is 0. The van der Waals surface area contributed by atoms with Gasteiger partial charge in [-0.15, -0.1) is 0 Å². The van der Waals surface area contributed by atoms with Gasteiger partial charge in [0, 0.05) is 50.7 Å². The number of hydrogen-bond acceptors (Lipinski definition) is 3. The lowest BCUT2D eigenvalue weighted by Crippen LogP contribution is -2.53. The maximum Gasteiger partial charge on any atom is 0.317 e. The van der Waals surface area contributed by atoms with E-state index in [0.717, 1.165) is 5.56 Å². The average Bonchev–Trinajstić information content (AvgIpc) is 2.67. The molecule has 0 bridgehead atoms. The third kappa shape index (κ3) is 3.90. The zero-order chi connectivity index (χ0) is 16.8. The molecule has 6 nitrogen and oxygen atoms in total. The molecule has 2 heterocycles. The molecule has 1 aromatic carbocycles. The number of piperazine rings is 1. The van der Waals surface area contributed by atoms with E-state index in [2.05, 4.69) is 10.3 Å². The average molecular weight is 324 g/mol. The Balaban J connectivity index is 1.48. The van der Waals surface area contributed by atoms with Crippen LogP contribution < -0.4 is 5.32 Å². The van der Waals surface area contributed by atoms with E-state index < -0.39 is 0 Å². The van der Waals surface area contributed by atoms with Crippen molar-refractivity contribution in [3.63, 3.8) is 0 Å². The molecular formula is C18H20N4O2. The first-order valence-electron chi connectivity index (χ1n) is 8.00. The van der Waals surface area contributed by atoms with Crippen LogP contribution in [-0.4, -0.2) is 52.9 Å². The van der Waals surface area contributed by atoms with Gasteiger partial charge in [-0.3, -0.25) is 9.78 Å². The molecule has 1 N–H and O–H groups in total. The van der Waals surface area contributed by atoms with Gasteiger partial charge in [0.25, 0.3) is 5.91 Å². The standard InChI is InChI=1S/C18H20N4O2/c23-17(16-6-8-19-9-7-16)21-10-12-22(13-11-21)18(24)20-14-15-4-2-1-3-5-15/h1-9H,10-14H2,(H,20,24). The zero-order valence-electron chi connectivity index (χ0n) is 13.4. The van der Waals surface area contributed by atoms with Gasteiger partial charge in [0.1, 0.15) is 0 Å². The number of carbonyl (C=O) groups excluding carboxylic acids is 2. The highest BCUT2D eigenvalue weighted by atomic mass is 16.2. The Labute approximate surface area is 141 Å². The summed E-state index contributed by atoms with van der Waals surface area (Å²) in [5, 5.41) is 2.92. The minimum Gasteiger partial charge on any atom is -0.335 e. The van der Waals surface area contributed by atoms with E-state index in [9.17, 15) is 9.59 Å². The van der Waals surface area contributed by atoms with Gasteiger partial charge < -0.3 is 15.1 Å². The summed E-state index contributed by atoms with van der Waals surface area (Å²) in [4.78, 5) is 32.0. The predicted octanol–water partition coefficient (Wildman–Crippen LogP) is 1.75. The van der Waals surface area contributed by atoms with Crippen molar-refractivity contribution in [2.24, 2.45) is 0 Å². The summed E-state index contributed by atoms with van der Waals surface area (Å²) >= 11 is 0. The molecule has 24 heavy (non-hydrogen) atoms. The molecule has 0 atom stereocenters. The van der Waals surface area contributed by atoms with Gasteiger partial charge in [-0.2, -0.15) is 0 Å². The van der Waals surface area contributed by atoms with Crippen molar-refractivity contribution in [1.29, 1.82) is 0 Å². The van der Waals surface area contributed by atoms with Gasteiger partial charge in [0.2, 0.25) is 0 Å². The maximum absolute atomic E-state index is 12.4. The van der Waals surface area contributed by atoms with Gasteiger partial charge in [-0.1, -0.05) is 30.3 Å². The summed E-state index contributed by atoms with van der Waals surface area (Å²) in [5.74, 6) is -0.0123. The van der Waals surface area contributed by atoms with Crippen molar-refractivity contribution in [2.45, 2.75) is 6.54 Å². The minimum absolute atomic E-state index is 0.0123. The summed E-state index contributed by atoms with van der Waals surface area (Å²) in [7, 11) is 0. The number of pyridine rings is 1. The maximum atomic E-state index is 12.4. The lowest BCUT2D eigenvalue weighted by molar-refractivity contribution is 0.0665. The van der Waals surface area contributed by atoms with Crippen molar-refractivity contribution in [2.75, 3.05) is 26.2 Å². The van der Waals surface area contributed by atoms with Crippen LogP contribution in [0.25, 0.3) is 0 Å². The molecule has 0 unspecified atom stereocenters. The molecule has 1 aliphatic rings. The second-order valence-corrected chi connectivity index (χ2v) is 5.66. The van der Waals surface area contributed by atoms with Crippen molar-refractivity contribution < 1.29 is 9.59 Å². The molecule has 2 aromatic rings. The van der Waals surface area contributed by atoms with Gasteiger partial charge in [0.15, 0.2) is 0 Å². The van der Waals surface area contributed by atoms with E-state index in [1.54, 1.807) is 34.3 Å². The molecule has 1 fully saturated rings. The fourth-order valence-electron chi connectivity index (χ4n) is 2.68. The number of urea groups is 1. The van der Waals surface area contributed by atoms with E-state index >= 15 is 0 Å². The highest BCUT2D eigenvalue weighted by Gasteiger charge is 2.24. The predicted molar refractivity (Wildman–Crippen MR) is 90.4 cm³/mol. The SMILES string of the molecule is O=C(NCc1ccccc1)N1CCN(C(=O)c2ccncc2)CC1. The Bertz CT molecular complexity index is 683. The summed E-state index contributed by atoms with van der Waals surface area (Å²) in [6, 6.07) is 13.1. The zero-order valence-corrected chi connectivity index (χ0v) is 13.4. The second-order valence-electron chi connectivity index (χ2n) is 5.66. The van der Waals surface area contributed by atoms with Gasteiger partial charge in [-0.25, -0.2) is 4.79 Å². The first kappa shape index (κ1) is 16.0. The normalized spacial score (nSPS) is 14.3. The first-order chi connectivity index (χ1) is 11.7. The van der Waals surface area contributed by atoms with Gasteiger partial charge in [0.05, 0.1) is 0 Å². The third-order valence-electron chi connectivity index (χ3n) is 4.07. The Hall–Kier alpha value is -2.89. The number of amides is 3. The number of nitrogens with zero attached hydrogens (tertiary/aromatic N) is 3. The molecule has 0 radical (unpaired) electrons. The second kappa shape index (κ2) is 7.59. The molecular weight excluding hydrogens is 304 g/mol. The van der Waals surface area contributed by atoms with Crippen LogP contribution in [0.1, 0.15) is 15.9 Å². The molecule has 0 spiro atoms. The van der Waals surface area contributed by atoms with Crippen LogP contribution in [0.15, 0.2) is 54.9 Å². The highest BCUT2D eigenvalue weighted by Crippen LogP contribution is 2.08. The third-order valence-corrected chi connectivity index (χ3v) is 4.07. The van der Waals surface area contributed by atoms with Crippen LogP contribution in [0.3, 0.4) is 0 Å². The van der Waals surface area contributed by atoms with Crippen LogP contribution in [-0.2, 0) is 6.54 Å². The highest BCUT2D eigenvalue weighted by molar-refractivity contribution is 5.94. The fourth-order valence-corrected chi connectivity index (χ4v) is 2.68. The molecule has 3 rings (SSSR count). The number of nitrogens with one attached hydrogen (secondary N) is 1. The monoisotopic (exact) mass is 324 g/mol. The Morgan fingerprint density at radius 3 is 2.21 bits per heavy atom. The van der Waals surface area contributed by atoms with Crippen LogP contribution in [0.5, 0.6) is 0 Å². The molecule has 124 valence electrons. The lowest BCUT2D eigenvalue weighted by atomic mass is 10.2. The number of aromatic nitrogens is 1. The van der Waals surface area contributed by atoms with Crippen molar-refractivity contribution in [3.05, 3.63) is 66.0 Å². The van der Waals surface area contributed by atoms with E-state index in [0.29, 0.717) is 38.3 Å². The van der Waals surface area contributed by atoms with Gasteiger partial charge in [-0.05, 0) is 17.7 Å². The molecule has 0 aliphatic carbocycles. The Morgan fingerprint density at radius 2 is 1.54 bits per heavy atom. The largest absolute Gasteiger partial charge is 0.335 e. The van der Waals surface area contributed by atoms with Crippen LogP contribution >= 0.6 is 0 Å². The number of benzene rings is 1. The molecule has 1 aromatic heterocycles. The topological polar surface area (TPSA) is 65.5 Å². The summed E-state index contributed by atoms with van der Waals surface area (Å²) in [5.41, 5.74) is 1.70. The van der Waals surface area contributed by atoms with Crippen LogP contribution in [0, 0.1) is 0 Å².